The van der Waals surface area contributed by atoms with Gasteiger partial charge in [0.15, 0.2) is 0 Å². The van der Waals surface area contributed by atoms with Crippen LogP contribution in [0.25, 0.3) is 0 Å². The minimum atomic E-state index is 0.0694. The normalized spacial score (nSPS) is 12.2. The van der Waals surface area contributed by atoms with E-state index in [4.69, 9.17) is 16.9 Å². The van der Waals surface area contributed by atoms with Crippen LogP contribution in [0.1, 0.15) is 24.6 Å². The van der Waals surface area contributed by atoms with Crippen molar-refractivity contribution < 1.29 is 0 Å². The molecule has 5 N–H and O–H groups in total. The summed E-state index contributed by atoms with van der Waals surface area (Å²) < 4.78 is 0. The number of nitrogens with zero attached hydrogens (tertiary/aromatic N) is 2. The van der Waals surface area contributed by atoms with E-state index in [9.17, 15) is 0 Å². The first kappa shape index (κ1) is 13.4. The second-order valence-corrected chi connectivity index (χ2v) is 4.31. The van der Waals surface area contributed by atoms with Crippen molar-refractivity contribution in [1.29, 1.82) is 5.41 Å². The van der Waals surface area contributed by atoms with Gasteiger partial charge in [-0.25, -0.2) is 0 Å². The van der Waals surface area contributed by atoms with Gasteiger partial charge in [0.05, 0.1) is 5.56 Å². The Hall–Kier alpha value is -1.62. The van der Waals surface area contributed by atoms with Crippen molar-refractivity contribution in [3.05, 3.63) is 23.5 Å². The smallest absolute Gasteiger partial charge is 0.131 e. The Kier molecular flexibility index (Phi) is 4.45. The Balaban J connectivity index is 2.81. The summed E-state index contributed by atoms with van der Waals surface area (Å²) in [6.07, 6.45) is 2.53. The Morgan fingerprint density at radius 1 is 1.59 bits per heavy atom. The van der Waals surface area contributed by atoms with Gasteiger partial charge in [-0.05, 0) is 19.4 Å². The quantitative estimate of drug-likeness (QED) is 0.535. The first-order valence-electron chi connectivity index (χ1n) is 5.73. The van der Waals surface area contributed by atoms with Crippen LogP contribution in [0.15, 0.2) is 12.3 Å². The van der Waals surface area contributed by atoms with E-state index in [1.165, 1.54) is 0 Å². The molecule has 1 rings (SSSR count). The van der Waals surface area contributed by atoms with E-state index >= 15 is 0 Å². The van der Waals surface area contributed by atoms with E-state index in [1.807, 2.05) is 20.9 Å². The average Bonchev–Trinajstić information content (AvgIpc) is 2.28. The predicted octanol–water partition coefficient (Wildman–Crippen LogP) is 0.967. The van der Waals surface area contributed by atoms with Crippen molar-refractivity contribution in [1.82, 2.24) is 9.88 Å². The van der Waals surface area contributed by atoms with Gasteiger partial charge < -0.3 is 16.4 Å². The molecule has 0 amide bonds. The largest absolute Gasteiger partial charge is 0.398 e. The molecule has 0 aromatic carbocycles. The molecule has 0 aliphatic heterocycles. The van der Waals surface area contributed by atoms with Crippen LogP contribution in [-0.4, -0.2) is 35.4 Å². The van der Waals surface area contributed by atoms with Gasteiger partial charge in [-0.1, -0.05) is 6.92 Å². The predicted molar refractivity (Wildman–Crippen MR) is 71.1 cm³/mol. The van der Waals surface area contributed by atoms with Crippen molar-refractivity contribution in [2.45, 2.75) is 26.3 Å². The molecule has 0 saturated carbocycles. The summed E-state index contributed by atoms with van der Waals surface area (Å²) in [5.74, 6) is 0.360. The lowest BCUT2D eigenvalue weighted by Crippen LogP contribution is -2.38. The zero-order valence-electron chi connectivity index (χ0n) is 10.7. The number of aryl methyl sites for hydroxylation is 1. The molecule has 0 fully saturated rings. The van der Waals surface area contributed by atoms with Crippen LogP contribution < -0.4 is 11.5 Å². The summed E-state index contributed by atoms with van der Waals surface area (Å²) in [7, 11) is 1.84. The number of rotatable bonds is 4. The van der Waals surface area contributed by atoms with E-state index < -0.39 is 0 Å². The number of nitrogens with one attached hydrogen (secondary N) is 1. The molecule has 1 aromatic rings. The number of likely N-dealkylation sites (N-methyl/N-ethyl adjacent to an activating group) is 1. The lowest BCUT2D eigenvalue weighted by molar-refractivity contribution is 0.439. The van der Waals surface area contributed by atoms with Crippen molar-refractivity contribution in [2.24, 2.45) is 5.73 Å². The van der Waals surface area contributed by atoms with Crippen LogP contribution in [0.5, 0.6) is 0 Å². The first-order valence-corrected chi connectivity index (χ1v) is 5.73. The fourth-order valence-electron chi connectivity index (χ4n) is 1.56. The van der Waals surface area contributed by atoms with Gasteiger partial charge in [0.25, 0.3) is 0 Å². The number of pyridine rings is 1. The third-order valence-electron chi connectivity index (χ3n) is 2.74. The van der Waals surface area contributed by atoms with Crippen LogP contribution >= 0.6 is 0 Å². The second-order valence-electron chi connectivity index (χ2n) is 4.31. The van der Waals surface area contributed by atoms with Gasteiger partial charge in [-0.3, -0.25) is 10.4 Å². The molecule has 0 radical (unpaired) electrons. The van der Waals surface area contributed by atoms with E-state index in [-0.39, 0.29) is 6.04 Å². The maximum absolute atomic E-state index is 8.07. The number of hydrogen-bond acceptors (Lipinski definition) is 4. The highest BCUT2D eigenvalue weighted by Gasteiger charge is 2.13. The van der Waals surface area contributed by atoms with E-state index in [0.717, 1.165) is 12.1 Å². The molecule has 0 bridgehead atoms. The van der Waals surface area contributed by atoms with E-state index in [2.05, 4.69) is 4.98 Å². The monoisotopic (exact) mass is 235 g/mol. The van der Waals surface area contributed by atoms with Crippen LogP contribution in [0.3, 0.4) is 0 Å². The van der Waals surface area contributed by atoms with Crippen LogP contribution in [0.2, 0.25) is 0 Å². The maximum atomic E-state index is 8.07. The van der Waals surface area contributed by atoms with Gasteiger partial charge in [0.1, 0.15) is 5.84 Å². The molecule has 0 aliphatic carbocycles. The number of hydrogen-bond donors (Lipinski definition) is 3. The molecular formula is C12H21N5. The summed E-state index contributed by atoms with van der Waals surface area (Å²) in [5, 5.41) is 8.07. The minimum Gasteiger partial charge on any atom is -0.398 e. The molecule has 94 valence electrons. The maximum Gasteiger partial charge on any atom is 0.131 e. The molecule has 1 heterocycles. The number of anilines is 1. The highest BCUT2D eigenvalue weighted by molar-refractivity contribution is 6.00. The Morgan fingerprint density at radius 3 is 2.76 bits per heavy atom. The van der Waals surface area contributed by atoms with Crippen molar-refractivity contribution in [3.63, 3.8) is 0 Å². The molecule has 1 atom stereocenters. The zero-order valence-corrected chi connectivity index (χ0v) is 10.7. The summed E-state index contributed by atoms with van der Waals surface area (Å²) in [6, 6.07) is 1.84. The number of amidine groups is 1. The first-order chi connectivity index (χ1) is 7.95. The second kappa shape index (κ2) is 5.63. The van der Waals surface area contributed by atoms with Crippen molar-refractivity contribution >= 4 is 11.5 Å². The van der Waals surface area contributed by atoms with Gasteiger partial charge in [0.2, 0.25) is 0 Å². The van der Waals surface area contributed by atoms with E-state index in [0.29, 0.717) is 23.6 Å². The van der Waals surface area contributed by atoms with E-state index in [1.54, 1.807) is 17.2 Å². The molecule has 17 heavy (non-hydrogen) atoms. The Bertz CT molecular complexity index is 402. The molecule has 5 heteroatoms. The summed E-state index contributed by atoms with van der Waals surface area (Å²) in [5.41, 5.74) is 13.8. The fraction of sp³-hybridized carbons (Fsp3) is 0.500. The Labute approximate surface area is 102 Å². The SMILES string of the molecule is CCC(N)CN(C)C(=N)c1cnc(C)cc1N. The number of aromatic nitrogens is 1. The zero-order chi connectivity index (χ0) is 13.0. The highest BCUT2D eigenvalue weighted by Crippen LogP contribution is 2.13. The molecule has 5 nitrogen and oxygen atoms in total. The molecule has 0 saturated heterocycles. The van der Waals surface area contributed by atoms with Crippen molar-refractivity contribution in [3.8, 4) is 0 Å². The molecule has 1 aromatic heterocycles. The van der Waals surface area contributed by atoms with Crippen LogP contribution in [-0.2, 0) is 0 Å². The third kappa shape index (κ3) is 3.42. The number of nitrogen functional groups attached to an aromatic ring is 1. The lowest BCUT2D eigenvalue weighted by Gasteiger charge is -2.23. The van der Waals surface area contributed by atoms with Gasteiger partial charge in [-0.15, -0.1) is 0 Å². The minimum absolute atomic E-state index is 0.0694. The van der Waals surface area contributed by atoms with Gasteiger partial charge in [0, 0.05) is 37.2 Å². The summed E-state index contributed by atoms with van der Waals surface area (Å²) >= 11 is 0. The third-order valence-corrected chi connectivity index (χ3v) is 2.74. The lowest BCUT2D eigenvalue weighted by atomic mass is 10.1. The van der Waals surface area contributed by atoms with Crippen molar-refractivity contribution in [2.75, 3.05) is 19.3 Å². The summed E-state index contributed by atoms with van der Waals surface area (Å²) in [6.45, 7) is 4.55. The van der Waals surface area contributed by atoms with Crippen LogP contribution in [0, 0.1) is 12.3 Å². The molecule has 0 aliphatic rings. The Morgan fingerprint density at radius 2 is 2.24 bits per heavy atom. The number of nitrogens with two attached hydrogens (primary N) is 2. The molecular weight excluding hydrogens is 214 g/mol. The van der Waals surface area contributed by atoms with Crippen LogP contribution in [0.4, 0.5) is 5.69 Å². The average molecular weight is 235 g/mol. The molecule has 1 unspecified atom stereocenters. The molecule has 0 spiro atoms. The standard InChI is InChI=1S/C12H21N5/c1-4-9(13)7-17(3)12(15)10-6-16-8(2)5-11(10)14/h5-6,9,15H,4,7,13H2,1-3H3,(H2,14,16). The fourth-order valence-corrected chi connectivity index (χ4v) is 1.56. The van der Waals surface area contributed by atoms with Gasteiger partial charge in [-0.2, -0.15) is 0 Å². The topological polar surface area (TPSA) is 92.0 Å². The summed E-state index contributed by atoms with van der Waals surface area (Å²) in [4.78, 5) is 5.97. The van der Waals surface area contributed by atoms with Gasteiger partial charge >= 0.3 is 0 Å². The highest BCUT2D eigenvalue weighted by atomic mass is 15.1.